The Kier molecular flexibility index (Phi) is 7.70. The van der Waals surface area contributed by atoms with Gasteiger partial charge in [-0.25, -0.2) is 4.98 Å². The van der Waals surface area contributed by atoms with Gasteiger partial charge in [-0.15, -0.1) is 0 Å². The summed E-state index contributed by atoms with van der Waals surface area (Å²) in [6.45, 7) is 9.17. The van der Waals surface area contributed by atoms with Gasteiger partial charge in [0, 0.05) is 25.5 Å². The SMILES string of the molecule is CC.CCNCCn1ccnc1. The molecule has 0 radical (unpaired) electrons. The van der Waals surface area contributed by atoms with Crippen LogP contribution < -0.4 is 5.32 Å². The van der Waals surface area contributed by atoms with Gasteiger partial charge in [0.2, 0.25) is 0 Å². The lowest BCUT2D eigenvalue weighted by molar-refractivity contribution is 0.613. The zero-order valence-electron chi connectivity index (χ0n) is 8.25. The number of hydrogen-bond acceptors (Lipinski definition) is 2. The van der Waals surface area contributed by atoms with E-state index in [0.717, 1.165) is 19.6 Å². The van der Waals surface area contributed by atoms with E-state index in [1.807, 2.05) is 26.4 Å². The van der Waals surface area contributed by atoms with Crippen molar-refractivity contribution in [3.8, 4) is 0 Å². The Morgan fingerprint density at radius 2 is 2.17 bits per heavy atom. The van der Waals surface area contributed by atoms with Crippen LogP contribution in [-0.2, 0) is 6.54 Å². The van der Waals surface area contributed by atoms with Gasteiger partial charge in [0.05, 0.1) is 6.33 Å². The Balaban J connectivity index is 0.000000561. The van der Waals surface area contributed by atoms with Crippen LogP contribution in [0.5, 0.6) is 0 Å². The molecule has 0 unspecified atom stereocenters. The van der Waals surface area contributed by atoms with Crippen LogP contribution in [0.25, 0.3) is 0 Å². The van der Waals surface area contributed by atoms with E-state index in [1.54, 1.807) is 6.20 Å². The molecule has 3 heteroatoms. The second-order valence-electron chi connectivity index (χ2n) is 2.15. The molecule has 0 aliphatic rings. The first-order valence-electron chi connectivity index (χ1n) is 4.60. The maximum absolute atomic E-state index is 3.94. The third-order valence-corrected chi connectivity index (χ3v) is 1.36. The van der Waals surface area contributed by atoms with Crippen molar-refractivity contribution < 1.29 is 0 Å². The molecule has 12 heavy (non-hydrogen) atoms. The van der Waals surface area contributed by atoms with Crippen molar-refractivity contribution in [3.63, 3.8) is 0 Å². The van der Waals surface area contributed by atoms with E-state index in [1.165, 1.54) is 0 Å². The van der Waals surface area contributed by atoms with Crippen LogP contribution in [0.15, 0.2) is 18.7 Å². The van der Waals surface area contributed by atoms with Crippen LogP contribution in [0.4, 0.5) is 0 Å². The van der Waals surface area contributed by atoms with Gasteiger partial charge in [0.25, 0.3) is 0 Å². The van der Waals surface area contributed by atoms with Crippen molar-refractivity contribution in [3.05, 3.63) is 18.7 Å². The fourth-order valence-corrected chi connectivity index (χ4v) is 0.804. The molecule has 0 fully saturated rings. The Bertz CT molecular complexity index is 158. The fraction of sp³-hybridized carbons (Fsp3) is 0.667. The van der Waals surface area contributed by atoms with Crippen molar-refractivity contribution in [2.24, 2.45) is 0 Å². The van der Waals surface area contributed by atoms with E-state index in [2.05, 4.69) is 21.8 Å². The lowest BCUT2D eigenvalue weighted by Crippen LogP contribution is -2.18. The van der Waals surface area contributed by atoms with Gasteiger partial charge in [-0.3, -0.25) is 0 Å². The van der Waals surface area contributed by atoms with Gasteiger partial charge in [-0.05, 0) is 6.54 Å². The molecule has 70 valence electrons. The summed E-state index contributed by atoms with van der Waals surface area (Å²) in [6, 6.07) is 0. The van der Waals surface area contributed by atoms with Crippen molar-refractivity contribution in [2.75, 3.05) is 13.1 Å². The van der Waals surface area contributed by atoms with Gasteiger partial charge < -0.3 is 9.88 Å². The molecular weight excluding hydrogens is 150 g/mol. The first kappa shape index (κ1) is 11.2. The predicted octanol–water partition coefficient (Wildman–Crippen LogP) is 1.52. The standard InChI is InChI=1S/C7H13N3.C2H6/c1-2-8-3-5-10-6-4-9-7-10;1-2/h4,6-8H,2-3,5H2,1H3;1-2H3. The van der Waals surface area contributed by atoms with E-state index >= 15 is 0 Å². The van der Waals surface area contributed by atoms with E-state index in [-0.39, 0.29) is 0 Å². The molecule has 0 aromatic carbocycles. The van der Waals surface area contributed by atoms with Gasteiger partial charge in [-0.1, -0.05) is 20.8 Å². The van der Waals surface area contributed by atoms with Crippen molar-refractivity contribution in [1.82, 2.24) is 14.9 Å². The minimum absolute atomic E-state index is 1.01. The highest BCUT2D eigenvalue weighted by molar-refractivity contribution is 4.73. The number of hydrogen-bond donors (Lipinski definition) is 1. The quantitative estimate of drug-likeness (QED) is 0.692. The summed E-state index contributed by atoms with van der Waals surface area (Å²) in [4.78, 5) is 3.94. The Hall–Kier alpha value is -0.830. The highest BCUT2D eigenvalue weighted by Gasteiger charge is 1.86. The van der Waals surface area contributed by atoms with Crippen molar-refractivity contribution in [2.45, 2.75) is 27.3 Å². The van der Waals surface area contributed by atoms with E-state index in [9.17, 15) is 0 Å². The minimum Gasteiger partial charge on any atom is -0.336 e. The number of nitrogens with zero attached hydrogens (tertiary/aromatic N) is 2. The highest BCUT2D eigenvalue weighted by atomic mass is 15.0. The lowest BCUT2D eigenvalue weighted by atomic mass is 10.6. The number of nitrogens with one attached hydrogen (secondary N) is 1. The van der Waals surface area contributed by atoms with Crippen molar-refractivity contribution in [1.29, 1.82) is 0 Å². The predicted molar refractivity (Wildman–Crippen MR) is 52.1 cm³/mol. The van der Waals surface area contributed by atoms with E-state index < -0.39 is 0 Å². The molecule has 0 bridgehead atoms. The molecule has 0 aliphatic heterocycles. The Labute approximate surface area is 74.8 Å². The third kappa shape index (κ3) is 4.91. The Morgan fingerprint density at radius 3 is 2.67 bits per heavy atom. The zero-order chi connectivity index (χ0) is 9.23. The van der Waals surface area contributed by atoms with E-state index in [0.29, 0.717) is 0 Å². The third-order valence-electron chi connectivity index (χ3n) is 1.36. The second kappa shape index (κ2) is 8.27. The van der Waals surface area contributed by atoms with Crippen LogP contribution >= 0.6 is 0 Å². The molecule has 0 amide bonds. The first-order valence-corrected chi connectivity index (χ1v) is 4.60. The molecule has 0 saturated heterocycles. The molecule has 1 aromatic rings. The van der Waals surface area contributed by atoms with Crippen LogP contribution in [0.3, 0.4) is 0 Å². The van der Waals surface area contributed by atoms with Crippen LogP contribution in [-0.4, -0.2) is 22.6 Å². The molecule has 1 heterocycles. The fourth-order valence-electron chi connectivity index (χ4n) is 0.804. The lowest BCUT2D eigenvalue weighted by Gasteiger charge is -2.00. The summed E-state index contributed by atoms with van der Waals surface area (Å²) in [7, 11) is 0. The maximum atomic E-state index is 3.94. The van der Waals surface area contributed by atoms with Crippen LogP contribution in [0, 0.1) is 0 Å². The molecule has 1 rings (SSSR count). The molecule has 0 saturated carbocycles. The summed E-state index contributed by atoms with van der Waals surface area (Å²) in [5, 5.41) is 3.24. The molecule has 3 nitrogen and oxygen atoms in total. The maximum Gasteiger partial charge on any atom is 0.0946 e. The minimum atomic E-state index is 1.01. The number of imidazole rings is 1. The normalized spacial score (nSPS) is 8.92. The molecule has 0 atom stereocenters. The van der Waals surface area contributed by atoms with Gasteiger partial charge in [-0.2, -0.15) is 0 Å². The summed E-state index contributed by atoms with van der Waals surface area (Å²) < 4.78 is 2.06. The van der Waals surface area contributed by atoms with Crippen molar-refractivity contribution >= 4 is 0 Å². The first-order chi connectivity index (χ1) is 5.93. The smallest absolute Gasteiger partial charge is 0.0946 e. The second-order valence-corrected chi connectivity index (χ2v) is 2.15. The molecule has 1 aromatic heterocycles. The number of rotatable bonds is 4. The van der Waals surface area contributed by atoms with Gasteiger partial charge in [0.15, 0.2) is 0 Å². The van der Waals surface area contributed by atoms with E-state index in [4.69, 9.17) is 0 Å². The number of aromatic nitrogens is 2. The Morgan fingerprint density at radius 1 is 1.42 bits per heavy atom. The molecular formula is C9H19N3. The largest absolute Gasteiger partial charge is 0.336 e. The summed E-state index contributed by atoms with van der Waals surface area (Å²) in [5.41, 5.74) is 0. The van der Waals surface area contributed by atoms with Gasteiger partial charge >= 0.3 is 0 Å². The van der Waals surface area contributed by atoms with Crippen LogP contribution in [0.1, 0.15) is 20.8 Å². The molecule has 0 aliphatic carbocycles. The monoisotopic (exact) mass is 169 g/mol. The topological polar surface area (TPSA) is 29.9 Å². The molecule has 1 N–H and O–H groups in total. The summed E-state index contributed by atoms with van der Waals surface area (Å²) >= 11 is 0. The molecule has 0 spiro atoms. The average Bonchev–Trinajstić information content (AvgIpc) is 2.61. The zero-order valence-corrected chi connectivity index (χ0v) is 8.25. The summed E-state index contributed by atoms with van der Waals surface area (Å²) in [5.74, 6) is 0. The average molecular weight is 169 g/mol. The highest BCUT2D eigenvalue weighted by Crippen LogP contribution is 1.82. The van der Waals surface area contributed by atoms with Crippen LogP contribution in [0.2, 0.25) is 0 Å². The van der Waals surface area contributed by atoms with Gasteiger partial charge in [0.1, 0.15) is 0 Å². The number of likely N-dealkylation sites (N-methyl/N-ethyl adjacent to an activating group) is 1. The summed E-state index contributed by atoms with van der Waals surface area (Å²) in [6.07, 6.45) is 5.60.